The van der Waals surface area contributed by atoms with Crippen LogP contribution in [0.15, 0.2) is 48.0 Å². The van der Waals surface area contributed by atoms with Crippen LogP contribution in [0.4, 0.5) is 5.69 Å². The predicted octanol–water partition coefficient (Wildman–Crippen LogP) is 3.06. The molecule has 9 nitrogen and oxygen atoms in total. The van der Waals surface area contributed by atoms with Gasteiger partial charge in [0.2, 0.25) is 0 Å². The molecule has 0 aromatic heterocycles. The lowest BCUT2D eigenvalue weighted by Crippen LogP contribution is -2.52. The average molecular weight is 546 g/mol. The summed E-state index contributed by atoms with van der Waals surface area (Å²) in [6.45, 7) is 8.22. The van der Waals surface area contributed by atoms with Gasteiger partial charge in [0.15, 0.2) is 5.54 Å². The number of aliphatic hydroxyl groups excluding tert-OH is 1. The van der Waals surface area contributed by atoms with Gasteiger partial charge in [-0.3, -0.25) is 19.3 Å². The number of hydrogen-bond acceptors (Lipinski definition) is 7. The fourth-order valence-electron chi connectivity index (χ4n) is 6.60. The van der Waals surface area contributed by atoms with Crippen LogP contribution in [0, 0.1) is 0 Å². The van der Waals surface area contributed by atoms with E-state index >= 15 is 0 Å². The van der Waals surface area contributed by atoms with Crippen LogP contribution >= 0.6 is 0 Å². The van der Waals surface area contributed by atoms with Gasteiger partial charge in [0.1, 0.15) is 17.6 Å². The number of hydrogen-bond donors (Lipinski definition) is 1. The zero-order valence-corrected chi connectivity index (χ0v) is 23.0. The molecule has 2 amide bonds. The van der Waals surface area contributed by atoms with Gasteiger partial charge in [-0.25, -0.2) is 0 Å². The standard InChI is InChI=1S/C31H35N3O6/c1-3-11-33-24-8-5-4-7-23(24)31(30(33)38)26(27(35)21-9-10-25-22(19-21)18-20(2)40-25)28(36)29(37)34(31)13-6-12-32-14-16-39-17-15-32/h4-5,7-10,19-20,35H,3,6,11-18H2,1-2H3/b27-26-. The Labute approximate surface area is 233 Å². The molecule has 210 valence electrons. The number of carbonyl (C=O) groups excluding carboxylic acids is 3. The minimum atomic E-state index is -1.72. The lowest BCUT2D eigenvalue weighted by Gasteiger charge is -2.35. The van der Waals surface area contributed by atoms with E-state index in [0.717, 1.165) is 24.4 Å². The number of ketones is 1. The lowest BCUT2D eigenvalue weighted by atomic mass is 9.81. The summed E-state index contributed by atoms with van der Waals surface area (Å²) >= 11 is 0. The molecule has 2 atom stereocenters. The molecule has 9 heteroatoms. The zero-order valence-electron chi connectivity index (χ0n) is 23.0. The molecule has 2 aromatic carbocycles. The van der Waals surface area contributed by atoms with Crippen LogP contribution in [0.2, 0.25) is 0 Å². The summed E-state index contributed by atoms with van der Waals surface area (Å²) in [4.78, 5) is 47.4. The normalized spacial score (nSPS) is 25.6. The third-order valence-corrected chi connectivity index (χ3v) is 8.39. The van der Waals surface area contributed by atoms with Gasteiger partial charge in [0, 0.05) is 50.3 Å². The van der Waals surface area contributed by atoms with Crippen LogP contribution in [-0.4, -0.2) is 84.5 Å². The maximum atomic E-state index is 14.5. The molecule has 1 N–H and O–H groups in total. The molecule has 0 radical (unpaired) electrons. The Morgan fingerprint density at radius 1 is 1.05 bits per heavy atom. The largest absolute Gasteiger partial charge is 0.507 e. The van der Waals surface area contributed by atoms with Crippen molar-refractivity contribution in [3.05, 3.63) is 64.7 Å². The first-order valence-corrected chi connectivity index (χ1v) is 14.2. The molecule has 0 aliphatic carbocycles. The number of morpholine rings is 1. The number of nitrogens with zero attached hydrogens (tertiary/aromatic N) is 3. The van der Waals surface area contributed by atoms with Crippen LogP contribution in [-0.2, 0) is 31.1 Å². The second kappa shape index (κ2) is 10.4. The highest BCUT2D eigenvalue weighted by Crippen LogP contribution is 2.53. The minimum absolute atomic E-state index is 0.00826. The zero-order chi connectivity index (χ0) is 28.0. The van der Waals surface area contributed by atoms with Crippen molar-refractivity contribution >= 4 is 29.0 Å². The fraction of sp³-hybridized carbons (Fsp3) is 0.452. The molecule has 6 rings (SSSR count). The molecule has 0 saturated carbocycles. The minimum Gasteiger partial charge on any atom is -0.507 e. The van der Waals surface area contributed by atoms with E-state index in [4.69, 9.17) is 9.47 Å². The van der Waals surface area contributed by atoms with Crippen LogP contribution in [0.1, 0.15) is 43.4 Å². The maximum Gasteiger partial charge on any atom is 0.296 e. The second-order valence-electron chi connectivity index (χ2n) is 11.0. The molecule has 4 aliphatic heterocycles. The molecule has 1 spiro atoms. The van der Waals surface area contributed by atoms with Crippen LogP contribution in [0.25, 0.3) is 5.76 Å². The van der Waals surface area contributed by atoms with Crippen molar-refractivity contribution in [3.8, 4) is 5.75 Å². The summed E-state index contributed by atoms with van der Waals surface area (Å²) in [5.74, 6) is -1.57. The van der Waals surface area contributed by atoms with Crippen LogP contribution < -0.4 is 9.64 Å². The van der Waals surface area contributed by atoms with E-state index in [1.807, 2.05) is 32.0 Å². The molecule has 0 bridgehead atoms. The number of Topliss-reactive ketones (excluding diaryl/α,β-unsaturated/α-hetero) is 1. The highest BCUT2D eigenvalue weighted by molar-refractivity contribution is 6.50. The van der Waals surface area contributed by atoms with Gasteiger partial charge in [0.05, 0.1) is 24.5 Å². The van der Waals surface area contributed by atoms with Gasteiger partial charge >= 0.3 is 0 Å². The summed E-state index contributed by atoms with van der Waals surface area (Å²) in [6, 6.07) is 12.6. The summed E-state index contributed by atoms with van der Waals surface area (Å²) < 4.78 is 11.3. The number of rotatable bonds is 7. The van der Waals surface area contributed by atoms with Gasteiger partial charge in [-0.15, -0.1) is 0 Å². The highest BCUT2D eigenvalue weighted by atomic mass is 16.5. The highest BCUT2D eigenvalue weighted by Gasteiger charge is 2.66. The Kier molecular flexibility index (Phi) is 6.88. The Hall–Kier alpha value is -3.69. The number of carbonyl (C=O) groups is 3. The van der Waals surface area contributed by atoms with Crippen molar-refractivity contribution in [2.75, 3.05) is 50.8 Å². The average Bonchev–Trinajstić information content (AvgIpc) is 3.53. The van der Waals surface area contributed by atoms with Crippen molar-refractivity contribution in [1.29, 1.82) is 0 Å². The monoisotopic (exact) mass is 545 g/mol. The van der Waals surface area contributed by atoms with Crippen molar-refractivity contribution < 1.29 is 29.0 Å². The van der Waals surface area contributed by atoms with Gasteiger partial charge in [-0.05, 0) is 49.6 Å². The summed E-state index contributed by atoms with van der Waals surface area (Å²) in [5, 5.41) is 11.8. The lowest BCUT2D eigenvalue weighted by molar-refractivity contribution is -0.143. The van der Waals surface area contributed by atoms with Gasteiger partial charge in [-0.1, -0.05) is 25.1 Å². The number of aliphatic hydroxyl groups is 1. The number of likely N-dealkylation sites (tertiary alicyclic amines) is 1. The van der Waals surface area contributed by atoms with Crippen LogP contribution in [0.3, 0.4) is 0 Å². The summed E-state index contributed by atoms with van der Waals surface area (Å²) in [5.41, 5.74) is 0.636. The Morgan fingerprint density at radius 2 is 1.82 bits per heavy atom. The third kappa shape index (κ3) is 4.02. The van der Waals surface area contributed by atoms with Gasteiger partial charge in [0.25, 0.3) is 17.6 Å². The van der Waals surface area contributed by atoms with Crippen molar-refractivity contribution in [2.45, 2.75) is 44.8 Å². The van der Waals surface area contributed by atoms with E-state index < -0.39 is 17.2 Å². The Balaban J connectivity index is 1.48. The van der Waals surface area contributed by atoms with E-state index in [2.05, 4.69) is 4.90 Å². The SMILES string of the molecule is CCCN1C(=O)C2(/C(=C(\O)c3ccc4c(c3)CC(C)O4)C(=O)C(=O)N2CCCN2CCOCC2)c2ccccc21. The number of benzene rings is 2. The first-order valence-electron chi connectivity index (χ1n) is 14.2. The molecular weight excluding hydrogens is 510 g/mol. The van der Waals surface area contributed by atoms with Gasteiger partial charge in [-0.2, -0.15) is 0 Å². The summed E-state index contributed by atoms with van der Waals surface area (Å²) in [6.07, 6.45) is 1.95. The predicted molar refractivity (Wildman–Crippen MR) is 149 cm³/mol. The number of ether oxygens (including phenoxy) is 2. The first-order chi connectivity index (χ1) is 19.4. The molecule has 4 aliphatic rings. The topological polar surface area (TPSA) is 99.6 Å². The summed E-state index contributed by atoms with van der Waals surface area (Å²) in [7, 11) is 0. The smallest absolute Gasteiger partial charge is 0.296 e. The van der Waals surface area contributed by atoms with E-state index in [1.165, 1.54) is 4.90 Å². The van der Waals surface area contributed by atoms with E-state index in [-0.39, 0.29) is 29.9 Å². The molecule has 2 unspecified atom stereocenters. The van der Waals surface area contributed by atoms with E-state index in [1.54, 1.807) is 29.2 Å². The molecular formula is C31H35N3O6. The number of fused-ring (bicyclic) bond motifs is 3. The third-order valence-electron chi connectivity index (χ3n) is 8.39. The maximum absolute atomic E-state index is 14.5. The number of para-hydroxylation sites is 1. The van der Waals surface area contributed by atoms with Crippen molar-refractivity contribution in [3.63, 3.8) is 0 Å². The second-order valence-corrected chi connectivity index (χ2v) is 11.0. The van der Waals surface area contributed by atoms with Crippen molar-refractivity contribution in [1.82, 2.24) is 9.80 Å². The van der Waals surface area contributed by atoms with Crippen LogP contribution in [0.5, 0.6) is 5.75 Å². The first kappa shape index (κ1) is 26.5. The molecule has 2 fully saturated rings. The van der Waals surface area contributed by atoms with Crippen molar-refractivity contribution in [2.24, 2.45) is 0 Å². The van der Waals surface area contributed by atoms with E-state index in [9.17, 15) is 19.5 Å². The molecule has 4 heterocycles. The van der Waals surface area contributed by atoms with Gasteiger partial charge < -0.3 is 24.4 Å². The Bertz CT molecular complexity index is 1400. The van der Waals surface area contributed by atoms with E-state index in [0.29, 0.717) is 62.4 Å². The quantitative estimate of drug-likeness (QED) is 0.324. The number of anilines is 1. The molecule has 2 aromatic rings. The molecule has 40 heavy (non-hydrogen) atoms. The Morgan fingerprint density at radius 3 is 2.60 bits per heavy atom. The number of amides is 2. The molecule has 2 saturated heterocycles. The fourth-order valence-corrected chi connectivity index (χ4v) is 6.60.